The Balaban J connectivity index is 2.11. The highest BCUT2D eigenvalue weighted by molar-refractivity contribution is 8.01. The molecule has 1 aromatic rings. The van der Waals surface area contributed by atoms with E-state index in [1.807, 2.05) is 0 Å². The number of rotatable bonds is 4. The van der Waals surface area contributed by atoms with Crippen LogP contribution >= 0.6 is 11.8 Å². The van der Waals surface area contributed by atoms with Crippen molar-refractivity contribution in [3.63, 3.8) is 0 Å². The van der Waals surface area contributed by atoms with E-state index in [-0.39, 0.29) is 5.82 Å². The van der Waals surface area contributed by atoms with Crippen molar-refractivity contribution in [3.8, 4) is 6.07 Å². The molecule has 96 valence electrons. The van der Waals surface area contributed by atoms with E-state index < -0.39 is 10.5 Å². The summed E-state index contributed by atoms with van der Waals surface area (Å²) < 4.78 is 23.1. The lowest BCUT2D eigenvalue weighted by molar-refractivity contribution is -0.255. The molecule has 0 N–H and O–H groups in total. The summed E-state index contributed by atoms with van der Waals surface area (Å²) in [5.41, 5.74) is 0. The Morgan fingerprint density at radius 3 is 2.50 bits per heavy atom. The number of hydrogen-bond acceptors (Lipinski definition) is 4. The molecule has 1 aliphatic carbocycles. The van der Waals surface area contributed by atoms with E-state index in [0.29, 0.717) is 12.8 Å². The highest BCUT2D eigenvalue weighted by atomic mass is 32.2. The summed E-state index contributed by atoms with van der Waals surface area (Å²) >= 11 is 1.36. The number of nitriles is 1. The van der Waals surface area contributed by atoms with Crippen LogP contribution in [0.1, 0.15) is 12.8 Å². The lowest BCUT2D eigenvalue weighted by Crippen LogP contribution is -2.56. The molecule has 0 radical (unpaired) electrons. The molecule has 3 nitrogen and oxygen atoms in total. The van der Waals surface area contributed by atoms with Crippen molar-refractivity contribution in [2.45, 2.75) is 28.3 Å². The Labute approximate surface area is 110 Å². The third-order valence-electron chi connectivity index (χ3n) is 3.17. The van der Waals surface area contributed by atoms with E-state index in [1.165, 1.54) is 23.9 Å². The maximum absolute atomic E-state index is 13.1. The van der Waals surface area contributed by atoms with Crippen molar-refractivity contribution < 1.29 is 13.9 Å². The zero-order valence-electron chi connectivity index (χ0n) is 10.3. The van der Waals surface area contributed by atoms with Gasteiger partial charge in [-0.25, -0.2) is 4.39 Å². The number of halogens is 1. The van der Waals surface area contributed by atoms with E-state index >= 15 is 0 Å². The Morgan fingerprint density at radius 1 is 1.33 bits per heavy atom. The Kier molecular flexibility index (Phi) is 3.62. The van der Waals surface area contributed by atoms with Gasteiger partial charge in [-0.1, -0.05) is 6.07 Å². The monoisotopic (exact) mass is 267 g/mol. The fourth-order valence-electron chi connectivity index (χ4n) is 2.12. The molecule has 0 aromatic heterocycles. The summed E-state index contributed by atoms with van der Waals surface area (Å²) in [4.78, 5) is 0.748. The Morgan fingerprint density at radius 2 is 2.00 bits per heavy atom. The number of ether oxygens (including phenoxy) is 2. The number of thioether (sulfide) groups is 1. The molecule has 0 bridgehead atoms. The van der Waals surface area contributed by atoms with E-state index in [2.05, 4.69) is 6.07 Å². The average Bonchev–Trinajstić information content (AvgIpc) is 2.33. The van der Waals surface area contributed by atoms with Crippen molar-refractivity contribution in [2.24, 2.45) is 0 Å². The standard InChI is InChI=1S/C13H14FNO2S/c1-16-13(17-2)7-12(8-13,9-15)18-11-5-3-4-10(14)6-11/h3-6H,7-8H2,1-2H3. The molecule has 0 amide bonds. The fourth-order valence-corrected chi connectivity index (χ4v) is 3.52. The van der Waals surface area contributed by atoms with Crippen LogP contribution in [0, 0.1) is 17.1 Å². The van der Waals surface area contributed by atoms with Crippen molar-refractivity contribution in [1.29, 1.82) is 5.26 Å². The van der Waals surface area contributed by atoms with Gasteiger partial charge in [0.25, 0.3) is 0 Å². The van der Waals surface area contributed by atoms with Gasteiger partial charge in [0.15, 0.2) is 5.79 Å². The van der Waals surface area contributed by atoms with Gasteiger partial charge in [-0.05, 0) is 18.2 Å². The predicted octanol–water partition coefficient (Wildman–Crippen LogP) is 2.96. The summed E-state index contributed by atoms with van der Waals surface area (Å²) in [7, 11) is 3.13. The zero-order chi connectivity index (χ0) is 13.2. The van der Waals surface area contributed by atoms with Gasteiger partial charge in [0.2, 0.25) is 0 Å². The quantitative estimate of drug-likeness (QED) is 0.787. The molecule has 0 aliphatic heterocycles. The van der Waals surface area contributed by atoms with E-state index in [9.17, 15) is 9.65 Å². The van der Waals surface area contributed by atoms with E-state index in [4.69, 9.17) is 9.47 Å². The van der Waals surface area contributed by atoms with Crippen LogP contribution in [-0.4, -0.2) is 24.8 Å². The van der Waals surface area contributed by atoms with Crippen LogP contribution in [0.15, 0.2) is 29.2 Å². The van der Waals surface area contributed by atoms with Crippen molar-refractivity contribution in [2.75, 3.05) is 14.2 Å². The molecule has 0 unspecified atom stereocenters. The third kappa shape index (κ3) is 2.37. The lowest BCUT2D eigenvalue weighted by atomic mass is 9.78. The first-order valence-corrected chi connectivity index (χ1v) is 6.35. The van der Waals surface area contributed by atoms with E-state index in [1.54, 1.807) is 26.4 Å². The molecule has 1 fully saturated rings. The number of methoxy groups -OCH3 is 2. The number of nitrogens with zero attached hydrogens (tertiary/aromatic N) is 1. The molecule has 1 aliphatic rings. The van der Waals surface area contributed by atoms with Crippen LogP contribution in [0.3, 0.4) is 0 Å². The molecule has 0 spiro atoms. The van der Waals surface area contributed by atoms with Gasteiger partial charge in [-0.15, -0.1) is 11.8 Å². The number of hydrogen-bond donors (Lipinski definition) is 0. The fraction of sp³-hybridized carbons (Fsp3) is 0.462. The first-order chi connectivity index (χ1) is 8.57. The minimum Gasteiger partial charge on any atom is -0.353 e. The van der Waals surface area contributed by atoms with Crippen LogP contribution in [0.25, 0.3) is 0 Å². The molecule has 2 rings (SSSR count). The van der Waals surface area contributed by atoms with Gasteiger partial charge < -0.3 is 9.47 Å². The first-order valence-electron chi connectivity index (χ1n) is 5.53. The molecule has 0 heterocycles. The minimum atomic E-state index is -0.671. The zero-order valence-corrected chi connectivity index (χ0v) is 11.1. The van der Waals surface area contributed by atoms with Crippen LogP contribution in [0.2, 0.25) is 0 Å². The molecule has 1 aromatic carbocycles. The minimum absolute atomic E-state index is 0.294. The van der Waals surface area contributed by atoms with Gasteiger partial charge in [-0.3, -0.25) is 0 Å². The summed E-state index contributed by atoms with van der Waals surface area (Å²) in [6.45, 7) is 0. The van der Waals surface area contributed by atoms with Crippen LogP contribution in [0.4, 0.5) is 4.39 Å². The molecule has 5 heteroatoms. The average molecular weight is 267 g/mol. The molecule has 18 heavy (non-hydrogen) atoms. The Bertz CT molecular complexity index is 474. The van der Waals surface area contributed by atoms with Gasteiger partial charge in [0.1, 0.15) is 10.6 Å². The van der Waals surface area contributed by atoms with Crippen LogP contribution < -0.4 is 0 Å². The van der Waals surface area contributed by atoms with Gasteiger partial charge in [-0.2, -0.15) is 5.26 Å². The van der Waals surface area contributed by atoms with Crippen molar-refractivity contribution >= 4 is 11.8 Å². The lowest BCUT2D eigenvalue weighted by Gasteiger charge is -2.49. The van der Waals surface area contributed by atoms with Gasteiger partial charge in [0, 0.05) is 32.0 Å². The van der Waals surface area contributed by atoms with Crippen LogP contribution in [0.5, 0.6) is 0 Å². The number of benzene rings is 1. The summed E-state index contributed by atoms with van der Waals surface area (Å²) in [5, 5.41) is 9.31. The summed E-state index contributed by atoms with van der Waals surface area (Å²) in [5.74, 6) is -0.965. The maximum Gasteiger partial charge on any atom is 0.172 e. The SMILES string of the molecule is COC1(OC)CC(C#N)(Sc2cccc(F)c2)C1. The molecular weight excluding hydrogens is 253 g/mol. The summed E-state index contributed by atoms with van der Waals surface area (Å²) in [6, 6.07) is 8.55. The highest BCUT2D eigenvalue weighted by Gasteiger charge is 2.57. The summed E-state index contributed by atoms with van der Waals surface area (Å²) in [6.07, 6.45) is 0.954. The molecule has 0 atom stereocenters. The van der Waals surface area contributed by atoms with Crippen molar-refractivity contribution in [1.82, 2.24) is 0 Å². The second kappa shape index (κ2) is 4.88. The van der Waals surface area contributed by atoms with E-state index in [0.717, 1.165) is 4.90 Å². The molecule has 1 saturated carbocycles. The second-order valence-electron chi connectivity index (χ2n) is 4.34. The first kappa shape index (κ1) is 13.3. The highest BCUT2D eigenvalue weighted by Crippen LogP contribution is 2.54. The van der Waals surface area contributed by atoms with Gasteiger partial charge >= 0.3 is 0 Å². The van der Waals surface area contributed by atoms with Crippen LogP contribution in [-0.2, 0) is 9.47 Å². The normalized spacial score (nSPS) is 19.9. The predicted molar refractivity (Wildman–Crippen MR) is 66.6 cm³/mol. The smallest absolute Gasteiger partial charge is 0.172 e. The van der Waals surface area contributed by atoms with Gasteiger partial charge in [0.05, 0.1) is 6.07 Å². The molecule has 0 saturated heterocycles. The maximum atomic E-state index is 13.1. The molecular formula is C13H14FNO2S. The second-order valence-corrected chi connectivity index (χ2v) is 5.80. The Hall–Kier alpha value is -1.09. The third-order valence-corrected chi connectivity index (χ3v) is 4.43. The largest absolute Gasteiger partial charge is 0.353 e. The topological polar surface area (TPSA) is 42.2 Å². The van der Waals surface area contributed by atoms with Crippen molar-refractivity contribution in [3.05, 3.63) is 30.1 Å².